The number of rotatable bonds is 10. The fourth-order valence-electron chi connectivity index (χ4n) is 3.05. The maximum atomic E-state index is 5.71. The topological polar surface area (TPSA) is 48.9 Å². The van der Waals surface area contributed by atoms with Crippen molar-refractivity contribution in [3.05, 3.63) is 35.9 Å². The van der Waals surface area contributed by atoms with Gasteiger partial charge in [-0.3, -0.25) is 4.99 Å². The highest BCUT2D eigenvalue weighted by Crippen LogP contribution is 2.07. The standard InChI is InChI=1S/C20H34N4O.HI/c1-21-20(23-13-16-24-14-6-3-7-15-24)22-12-8-17-25-18-11-19-9-4-2-5-10-19;/h2,4-5,9-10H,3,6-8,11-18H2,1H3,(H2,21,22,23);1H. The zero-order valence-electron chi connectivity index (χ0n) is 16.1. The minimum atomic E-state index is 0. The molecule has 0 aromatic heterocycles. The number of piperidine rings is 1. The third-order valence-corrected chi connectivity index (χ3v) is 4.53. The molecule has 2 rings (SSSR count). The van der Waals surface area contributed by atoms with Crippen LogP contribution in [0.15, 0.2) is 35.3 Å². The lowest BCUT2D eigenvalue weighted by Gasteiger charge is -2.26. The first-order chi connectivity index (χ1) is 12.4. The number of hydrogen-bond donors (Lipinski definition) is 2. The van der Waals surface area contributed by atoms with Crippen molar-refractivity contribution in [2.45, 2.75) is 32.1 Å². The summed E-state index contributed by atoms with van der Waals surface area (Å²) in [7, 11) is 1.83. The maximum absolute atomic E-state index is 5.71. The van der Waals surface area contributed by atoms with E-state index >= 15 is 0 Å². The summed E-state index contributed by atoms with van der Waals surface area (Å²) in [5, 5.41) is 6.75. The highest BCUT2D eigenvalue weighted by atomic mass is 127. The summed E-state index contributed by atoms with van der Waals surface area (Å²) in [5.41, 5.74) is 1.33. The minimum Gasteiger partial charge on any atom is -0.381 e. The summed E-state index contributed by atoms with van der Waals surface area (Å²) >= 11 is 0. The van der Waals surface area contributed by atoms with Crippen LogP contribution in [0.5, 0.6) is 0 Å². The monoisotopic (exact) mass is 474 g/mol. The van der Waals surface area contributed by atoms with Gasteiger partial charge >= 0.3 is 0 Å². The van der Waals surface area contributed by atoms with Gasteiger partial charge in [0.25, 0.3) is 0 Å². The van der Waals surface area contributed by atoms with Crippen LogP contribution >= 0.6 is 24.0 Å². The van der Waals surface area contributed by atoms with E-state index in [1.807, 2.05) is 13.1 Å². The SMILES string of the molecule is CN=C(NCCCOCCc1ccccc1)NCCN1CCCCC1.I. The molecular weight excluding hydrogens is 439 g/mol. The van der Waals surface area contributed by atoms with Crippen LogP contribution in [0.25, 0.3) is 0 Å². The van der Waals surface area contributed by atoms with Crippen molar-refractivity contribution >= 4 is 29.9 Å². The average molecular weight is 474 g/mol. The normalized spacial score (nSPS) is 15.3. The van der Waals surface area contributed by atoms with Crippen LogP contribution < -0.4 is 10.6 Å². The molecule has 0 bridgehead atoms. The Kier molecular flexibility index (Phi) is 13.6. The second kappa shape index (κ2) is 15.2. The second-order valence-electron chi connectivity index (χ2n) is 6.53. The van der Waals surface area contributed by atoms with Crippen LogP contribution in [-0.4, -0.2) is 63.8 Å². The van der Waals surface area contributed by atoms with Gasteiger partial charge in [-0.2, -0.15) is 0 Å². The smallest absolute Gasteiger partial charge is 0.191 e. The molecule has 1 aliphatic heterocycles. The summed E-state index contributed by atoms with van der Waals surface area (Å²) in [6.07, 6.45) is 6.05. The van der Waals surface area contributed by atoms with E-state index in [2.05, 4.69) is 44.8 Å². The van der Waals surface area contributed by atoms with Crippen molar-refractivity contribution < 1.29 is 4.74 Å². The average Bonchev–Trinajstić information content (AvgIpc) is 2.67. The minimum absolute atomic E-state index is 0. The molecule has 0 aliphatic carbocycles. The number of nitrogens with zero attached hydrogens (tertiary/aromatic N) is 2. The number of hydrogen-bond acceptors (Lipinski definition) is 3. The van der Waals surface area contributed by atoms with Crippen molar-refractivity contribution in [2.75, 3.05) is 53.0 Å². The molecule has 0 amide bonds. The number of ether oxygens (including phenoxy) is 1. The van der Waals surface area contributed by atoms with E-state index in [0.717, 1.165) is 51.6 Å². The summed E-state index contributed by atoms with van der Waals surface area (Å²) in [6, 6.07) is 10.5. The third-order valence-electron chi connectivity index (χ3n) is 4.53. The number of guanidine groups is 1. The van der Waals surface area contributed by atoms with E-state index in [9.17, 15) is 0 Å². The summed E-state index contributed by atoms with van der Waals surface area (Å²) in [5.74, 6) is 0.890. The molecule has 1 fully saturated rings. The van der Waals surface area contributed by atoms with Crippen LogP contribution in [0.4, 0.5) is 0 Å². The molecule has 5 nitrogen and oxygen atoms in total. The fourth-order valence-corrected chi connectivity index (χ4v) is 3.05. The van der Waals surface area contributed by atoms with Gasteiger partial charge < -0.3 is 20.3 Å². The van der Waals surface area contributed by atoms with Gasteiger partial charge in [0.1, 0.15) is 0 Å². The molecule has 0 unspecified atom stereocenters. The van der Waals surface area contributed by atoms with Gasteiger partial charge in [0, 0.05) is 33.3 Å². The van der Waals surface area contributed by atoms with Gasteiger partial charge in [-0.1, -0.05) is 36.8 Å². The van der Waals surface area contributed by atoms with E-state index in [1.54, 1.807) is 0 Å². The maximum Gasteiger partial charge on any atom is 0.191 e. The molecule has 6 heteroatoms. The molecule has 0 radical (unpaired) electrons. The molecule has 0 saturated carbocycles. The van der Waals surface area contributed by atoms with Gasteiger partial charge in [0.2, 0.25) is 0 Å². The molecule has 1 heterocycles. The molecule has 1 aromatic rings. The lowest BCUT2D eigenvalue weighted by molar-refractivity contribution is 0.135. The Bertz CT molecular complexity index is 478. The third kappa shape index (κ3) is 10.3. The van der Waals surface area contributed by atoms with E-state index in [0.29, 0.717) is 0 Å². The lowest BCUT2D eigenvalue weighted by Crippen LogP contribution is -2.43. The van der Waals surface area contributed by atoms with Gasteiger partial charge in [-0.25, -0.2) is 0 Å². The Morgan fingerprint density at radius 2 is 1.77 bits per heavy atom. The van der Waals surface area contributed by atoms with Gasteiger partial charge in [0.05, 0.1) is 6.61 Å². The number of nitrogens with one attached hydrogen (secondary N) is 2. The number of benzene rings is 1. The Labute approximate surface area is 176 Å². The van der Waals surface area contributed by atoms with Gasteiger partial charge in [-0.05, 0) is 44.3 Å². The van der Waals surface area contributed by atoms with Crippen LogP contribution in [0, 0.1) is 0 Å². The summed E-state index contributed by atoms with van der Waals surface area (Å²) in [6.45, 7) is 6.99. The quantitative estimate of drug-likeness (QED) is 0.237. The highest BCUT2D eigenvalue weighted by molar-refractivity contribution is 14.0. The van der Waals surface area contributed by atoms with Crippen molar-refractivity contribution in [3.63, 3.8) is 0 Å². The van der Waals surface area contributed by atoms with Crippen LogP contribution in [0.3, 0.4) is 0 Å². The van der Waals surface area contributed by atoms with Crippen molar-refractivity contribution in [3.8, 4) is 0 Å². The Balaban J connectivity index is 0.00000338. The second-order valence-corrected chi connectivity index (χ2v) is 6.53. The number of aliphatic imine (C=N–C) groups is 1. The molecule has 1 aliphatic rings. The summed E-state index contributed by atoms with van der Waals surface area (Å²) < 4.78 is 5.71. The van der Waals surface area contributed by atoms with Crippen LogP contribution in [-0.2, 0) is 11.2 Å². The molecule has 0 spiro atoms. The van der Waals surface area contributed by atoms with Crippen LogP contribution in [0.1, 0.15) is 31.2 Å². The Morgan fingerprint density at radius 1 is 1.04 bits per heavy atom. The Hall–Kier alpha value is -0.860. The number of likely N-dealkylation sites (tertiary alicyclic amines) is 1. The van der Waals surface area contributed by atoms with E-state index < -0.39 is 0 Å². The molecule has 2 N–H and O–H groups in total. The molecule has 0 atom stereocenters. The number of halogens is 1. The van der Waals surface area contributed by atoms with E-state index in [-0.39, 0.29) is 24.0 Å². The van der Waals surface area contributed by atoms with Crippen molar-refractivity contribution in [1.29, 1.82) is 0 Å². The molecule has 26 heavy (non-hydrogen) atoms. The Morgan fingerprint density at radius 3 is 2.50 bits per heavy atom. The first-order valence-electron chi connectivity index (χ1n) is 9.67. The van der Waals surface area contributed by atoms with Crippen molar-refractivity contribution in [2.24, 2.45) is 4.99 Å². The first kappa shape index (κ1) is 23.2. The zero-order chi connectivity index (χ0) is 17.6. The fraction of sp³-hybridized carbons (Fsp3) is 0.650. The summed E-state index contributed by atoms with van der Waals surface area (Å²) in [4.78, 5) is 6.81. The molecule has 1 saturated heterocycles. The van der Waals surface area contributed by atoms with Gasteiger partial charge in [-0.15, -0.1) is 24.0 Å². The highest BCUT2D eigenvalue weighted by Gasteiger charge is 2.09. The van der Waals surface area contributed by atoms with E-state index in [4.69, 9.17) is 4.74 Å². The van der Waals surface area contributed by atoms with E-state index in [1.165, 1.54) is 37.9 Å². The van der Waals surface area contributed by atoms with Crippen LogP contribution in [0.2, 0.25) is 0 Å². The molecular formula is C20H35IN4O. The van der Waals surface area contributed by atoms with Gasteiger partial charge in [0.15, 0.2) is 5.96 Å². The predicted molar refractivity (Wildman–Crippen MR) is 121 cm³/mol. The first-order valence-corrected chi connectivity index (χ1v) is 9.67. The lowest BCUT2D eigenvalue weighted by atomic mass is 10.1. The largest absolute Gasteiger partial charge is 0.381 e. The van der Waals surface area contributed by atoms with Crippen molar-refractivity contribution in [1.82, 2.24) is 15.5 Å². The predicted octanol–water partition coefficient (Wildman–Crippen LogP) is 2.90. The zero-order valence-corrected chi connectivity index (χ0v) is 18.4. The molecule has 148 valence electrons. The molecule has 1 aromatic carbocycles.